The minimum atomic E-state index is -0.914. The fourth-order valence-corrected chi connectivity index (χ4v) is 0.971. The van der Waals surface area contributed by atoms with Crippen LogP contribution < -0.4 is 0 Å². The summed E-state index contributed by atoms with van der Waals surface area (Å²) in [5, 5.41) is 34.1. The zero-order chi connectivity index (χ0) is 9.72. The van der Waals surface area contributed by atoms with E-state index in [-0.39, 0.29) is 12.5 Å². The SMILES string of the molecule is C[C@@H]([C@@H](O)[C@H](C)C=N)[C@H](O)CO. The molecule has 0 bridgehead atoms. The van der Waals surface area contributed by atoms with Gasteiger partial charge in [-0.15, -0.1) is 0 Å². The molecule has 4 nitrogen and oxygen atoms in total. The average Bonchev–Trinajstić information content (AvgIpc) is 2.12. The summed E-state index contributed by atoms with van der Waals surface area (Å²) in [6, 6.07) is 0. The molecule has 4 heteroatoms. The van der Waals surface area contributed by atoms with E-state index in [4.69, 9.17) is 15.6 Å². The van der Waals surface area contributed by atoms with Crippen LogP contribution in [0.15, 0.2) is 0 Å². The molecule has 0 aliphatic carbocycles. The molecular weight excluding hydrogens is 158 g/mol. The lowest BCUT2D eigenvalue weighted by molar-refractivity contribution is -0.0175. The quantitative estimate of drug-likeness (QED) is 0.430. The van der Waals surface area contributed by atoms with Gasteiger partial charge in [0.05, 0.1) is 18.8 Å². The smallest absolute Gasteiger partial charge is 0.0821 e. The number of nitrogens with one attached hydrogen (secondary N) is 1. The molecule has 0 heterocycles. The van der Waals surface area contributed by atoms with Gasteiger partial charge in [-0.1, -0.05) is 13.8 Å². The largest absolute Gasteiger partial charge is 0.394 e. The lowest BCUT2D eigenvalue weighted by atomic mass is 9.90. The van der Waals surface area contributed by atoms with Gasteiger partial charge in [0.25, 0.3) is 0 Å². The van der Waals surface area contributed by atoms with Gasteiger partial charge in [0, 0.05) is 18.1 Å². The van der Waals surface area contributed by atoms with Crippen molar-refractivity contribution in [1.29, 1.82) is 5.41 Å². The van der Waals surface area contributed by atoms with Gasteiger partial charge in [-0.05, 0) is 0 Å². The van der Waals surface area contributed by atoms with Crippen LogP contribution in [-0.4, -0.2) is 40.3 Å². The van der Waals surface area contributed by atoms with E-state index in [1.165, 1.54) is 0 Å². The minimum absolute atomic E-state index is 0.291. The van der Waals surface area contributed by atoms with Crippen molar-refractivity contribution in [2.45, 2.75) is 26.1 Å². The highest BCUT2D eigenvalue weighted by atomic mass is 16.3. The van der Waals surface area contributed by atoms with Gasteiger partial charge in [0.2, 0.25) is 0 Å². The van der Waals surface area contributed by atoms with Crippen LogP contribution in [-0.2, 0) is 0 Å². The fourth-order valence-electron chi connectivity index (χ4n) is 0.971. The van der Waals surface area contributed by atoms with Gasteiger partial charge in [-0.25, -0.2) is 0 Å². The van der Waals surface area contributed by atoms with Crippen molar-refractivity contribution in [2.75, 3.05) is 6.61 Å². The highest BCUT2D eigenvalue weighted by molar-refractivity contribution is 5.57. The van der Waals surface area contributed by atoms with E-state index in [1.807, 2.05) is 0 Å². The Kier molecular flexibility index (Phi) is 5.04. The number of hydrogen-bond donors (Lipinski definition) is 4. The maximum atomic E-state index is 9.47. The summed E-state index contributed by atoms with van der Waals surface area (Å²) in [6.07, 6.45) is -0.558. The lowest BCUT2D eigenvalue weighted by Gasteiger charge is -2.25. The molecule has 72 valence electrons. The van der Waals surface area contributed by atoms with Crippen molar-refractivity contribution in [3.63, 3.8) is 0 Å². The molecule has 0 saturated heterocycles. The van der Waals surface area contributed by atoms with E-state index < -0.39 is 18.1 Å². The third-order valence-corrected chi connectivity index (χ3v) is 2.13. The van der Waals surface area contributed by atoms with Gasteiger partial charge in [0.1, 0.15) is 0 Å². The second-order valence-electron chi connectivity index (χ2n) is 3.13. The fraction of sp³-hybridized carbons (Fsp3) is 0.875. The van der Waals surface area contributed by atoms with Gasteiger partial charge >= 0.3 is 0 Å². The van der Waals surface area contributed by atoms with Gasteiger partial charge in [0.15, 0.2) is 0 Å². The van der Waals surface area contributed by atoms with Crippen molar-refractivity contribution in [3.8, 4) is 0 Å². The summed E-state index contributed by atoms with van der Waals surface area (Å²) in [6.45, 7) is 2.98. The first-order chi connectivity index (χ1) is 5.54. The molecule has 0 aliphatic heterocycles. The second-order valence-corrected chi connectivity index (χ2v) is 3.13. The molecule has 12 heavy (non-hydrogen) atoms. The Hall–Kier alpha value is -0.450. The highest BCUT2D eigenvalue weighted by Gasteiger charge is 2.25. The third kappa shape index (κ3) is 2.89. The summed E-state index contributed by atoms with van der Waals surface area (Å²) in [5.74, 6) is -0.701. The number of aliphatic hydroxyl groups excluding tert-OH is 3. The molecule has 4 atom stereocenters. The highest BCUT2D eigenvalue weighted by Crippen LogP contribution is 2.14. The Morgan fingerprint density at radius 3 is 2.17 bits per heavy atom. The number of aliphatic hydroxyl groups is 3. The van der Waals surface area contributed by atoms with Crippen molar-refractivity contribution in [2.24, 2.45) is 11.8 Å². The van der Waals surface area contributed by atoms with Crippen LogP contribution in [0.2, 0.25) is 0 Å². The van der Waals surface area contributed by atoms with E-state index in [9.17, 15) is 5.11 Å². The van der Waals surface area contributed by atoms with E-state index in [2.05, 4.69) is 0 Å². The molecule has 0 aromatic heterocycles. The van der Waals surface area contributed by atoms with Crippen molar-refractivity contribution in [1.82, 2.24) is 0 Å². The minimum Gasteiger partial charge on any atom is -0.394 e. The molecule has 0 rings (SSSR count). The zero-order valence-electron chi connectivity index (χ0n) is 7.44. The monoisotopic (exact) mass is 175 g/mol. The van der Waals surface area contributed by atoms with Crippen LogP contribution in [0.1, 0.15) is 13.8 Å². The summed E-state index contributed by atoms with van der Waals surface area (Å²) in [5.41, 5.74) is 0. The third-order valence-electron chi connectivity index (χ3n) is 2.13. The van der Waals surface area contributed by atoms with Gasteiger partial charge in [-0.2, -0.15) is 0 Å². The molecule has 4 N–H and O–H groups in total. The summed E-state index contributed by atoms with van der Waals surface area (Å²) < 4.78 is 0. The van der Waals surface area contributed by atoms with Crippen LogP contribution in [0.4, 0.5) is 0 Å². The maximum absolute atomic E-state index is 9.47. The molecule has 0 unspecified atom stereocenters. The normalized spacial score (nSPS) is 21.1. The predicted octanol–water partition coefficient (Wildman–Crippen LogP) is -0.378. The Morgan fingerprint density at radius 2 is 1.83 bits per heavy atom. The molecule has 0 aromatic rings. The maximum Gasteiger partial charge on any atom is 0.0821 e. The van der Waals surface area contributed by atoms with E-state index in [0.717, 1.165) is 6.21 Å². The topological polar surface area (TPSA) is 84.5 Å². The van der Waals surface area contributed by atoms with Crippen molar-refractivity contribution >= 4 is 6.21 Å². The second kappa shape index (κ2) is 5.24. The molecule has 0 aromatic carbocycles. The van der Waals surface area contributed by atoms with Gasteiger partial charge < -0.3 is 20.7 Å². The molecule has 0 spiro atoms. The van der Waals surface area contributed by atoms with Crippen LogP contribution in [0.3, 0.4) is 0 Å². The van der Waals surface area contributed by atoms with E-state index in [0.29, 0.717) is 0 Å². The van der Waals surface area contributed by atoms with E-state index in [1.54, 1.807) is 13.8 Å². The van der Waals surface area contributed by atoms with Gasteiger partial charge in [-0.3, -0.25) is 0 Å². The summed E-state index contributed by atoms with van der Waals surface area (Å²) in [4.78, 5) is 0. The molecule has 0 saturated carbocycles. The summed E-state index contributed by atoms with van der Waals surface area (Å²) >= 11 is 0. The first-order valence-corrected chi connectivity index (χ1v) is 4.02. The van der Waals surface area contributed by atoms with Crippen LogP contribution in [0.5, 0.6) is 0 Å². The number of rotatable bonds is 5. The molecule has 0 aliphatic rings. The summed E-state index contributed by atoms with van der Waals surface area (Å²) in [7, 11) is 0. The standard InChI is InChI=1S/C8H17NO3/c1-5(3-9)8(12)6(2)7(11)4-10/h3,5-12H,4H2,1-2H3/t5-,6-,7-,8+/m1/s1. The Balaban J connectivity index is 4.07. The van der Waals surface area contributed by atoms with Crippen LogP contribution >= 0.6 is 0 Å². The first-order valence-electron chi connectivity index (χ1n) is 4.02. The first kappa shape index (κ1) is 11.6. The average molecular weight is 175 g/mol. The Morgan fingerprint density at radius 1 is 1.33 bits per heavy atom. The predicted molar refractivity (Wildman–Crippen MR) is 46.2 cm³/mol. The van der Waals surface area contributed by atoms with Crippen LogP contribution in [0, 0.1) is 17.2 Å². The Bertz CT molecular complexity index is 140. The molecule has 0 amide bonds. The molecule has 0 fully saturated rings. The lowest BCUT2D eigenvalue weighted by Crippen LogP contribution is -2.36. The molecular formula is C8H17NO3. The van der Waals surface area contributed by atoms with Crippen molar-refractivity contribution < 1.29 is 15.3 Å². The van der Waals surface area contributed by atoms with E-state index >= 15 is 0 Å². The molecule has 0 radical (unpaired) electrons. The van der Waals surface area contributed by atoms with Crippen LogP contribution in [0.25, 0.3) is 0 Å². The Labute approximate surface area is 72.4 Å². The van der Waals surface area contributed by atoms with Crippen molar-refractivity contribution in [3.05, 3.63) is 0 Å². The zero-order valence-corrected chi connectivity index (χ0v) is 7.44. The number of hydrogen-bond acceptors (Lipinski definition) is 4.